The van der Waals surface area contributed by atoms with Gasteiger partial charge < -0.3 is 9.64 Å². The van der Waals surface area contributed by atoms with Crippen molar-refractivity contribution >= 4 is 0 Å². The highest BCUT2D eigenvalue weighted by molar-refractivity contribution is 5.08. The van der Waals surface area contributed by atoms with Gasteiger partial charge >= 0.3 is 0 Å². The molecular formula is C12H19NO. The van der Waals surface area contributed by atoms with Gasteiger partial charge in [-0.25, -0.2) is 0 Å². The van der Waals surface area contributed by atoms with Gasteiger partial charge in [0, 0.05) is 12.7 Å². The van der Waals surface area contributed by atoms with Crippen molar-refractivity contribution in [1.29, 1.82) is 0 Å². The molecule has 0 aromatic rings. The van der Waals surface area contributed by atoms with E-state index >= 15 is 0 Å². The summed E-state index contributed by atoms with van der Waals surface area (Å²) < 4.78 is 5.38. The maximum Gasteiger partial charge on any atom is 0.160 e. The van der Waals surface area contributed by atoms with E-state index < -0.39 is 0 Å². The van der Waals surface area contributed by atoms with Crippen molar-refractivity contribution in [3.8, 4) is 0 Å². The molecular weight excluding hydrogens is 174 g/mol. The molecule has 0 saturated heterocycles. The van der Waals surface area contributed by atoms with Crippen LogP contribution in [0.4, 0.5) is 0 Å². The fourth-order valence-corrected chi connectivity index (χ4v) is 1.14. The molecule has 0 unspecified atom stereocenters. The molecule has 0 bridgehead atoms. The third kappa shape index (κ3) is 4.75. The van der Waals surface area contributed by atoms with E-state index in [1.54, 1.807) is 6.26 Å². The number of nitrogens with zero attached hydrogens (tertiary/aromatic N) is 1. The number of allylic oxidation sites excluding steroid dienone is 3. The molecule has 0 aromatic heterocycles. The molecule has 1 aliphatic rings. The topological polar surface area (TPSA) is 12.5 Å². The van der Waals surface area contributed by atoms with Crippen molar-refractivity contribution < 1.29 is 4.74 Å². The molecule has 0 spiro atoms. The Morgan fingerprint density at radius 2 is 2.29 bits per heavy atom. The van der Waals surface area contributed by atoms with Crippen LogP contribution in [0.25, 0.3) is 0 Å². The van der Waals surface area contributed by atoms with Crippen LogP contribution in [0.1, 0.15) is 20.3 Å². The highest BCUT2D eigenvalue weighted by Crippen LogP contribution is 2.01. The van der Waals surface area contributed by atoms with Crippen LogP contribution in [0.15, 0.2) is 36.8 Å². The van der Waals surface area contributed by atoms with Crippen LogP contribution in [-0.4, -0.2) is 18.2 Å². The van der Waals surface area contributed by atoms with Gasteiger partial charge in [-0.1, -0.05) is 26.0 Å². The minimum absolute atomic E-state index is 0.634. The molecule has 0 N–H and O–H groups in total. The summed E-state index contributed by atoms with van der Waals surface area (Å²) in [6, 6.07) is 0. The largest absolute Gasteiger partial charge is 0.481 e. The normalized spacial score (nSPS) is 15.8. The summed E-state index contributed by atoms with van der Waals surface area (Å²) in [6.07, 6.45) is 13.2. The average molecular weight is 193 g/mol. The predicted molar refractivity (Wildman–Crippen MR) is 59.5 cm³/mol. The molecule has 1 heterocycles. The van der Waals surface area contributed by atoms with Gasteiger partial charge in [-0.15, -0.1) is 0 Å². The van der Waals surface area contributed by atoms with Crippen LogP contribution in [0.3, 0.4) is 0 Å². The Hall–Kier alpha value is -1.18. The first kappa shape index (κ1) is 10.9. The molecule has 2 heteroatoms. The number of hydrogen-bond acceptors (Lipinski definition) is 2. The Bertz CT molecular complexity index is 228. The lowest BCUT2D eigenvalue weighted by atomic mass is 10.1. The molecule has 78 valence electrons. The summed E-state index contributed by atoms with van der Waals surface area (Å²) >= 11 is 0. The van der Waals surface area contributed by atoms with Gasteiger partial charge in [0.25, 0.3) is 0 Å². The minimum Gasteiger partial charge on any atom is -0.481 e. The van der Waals surface area contributed by atoms with E-state index in [1.165, 1.54) is 0 Å². The Balaban J connectivity index is 2.06. The second kappa shape index (κ2) is 6.30. The van der Waals surface area contributed by atoms with Crippen LogP contribution >= 0.6 is 0 Å². The van der Waals surface area contributed by atoms with Gasteiger partial charge in [0.15, 0.2) is 6.73 Å². The van der Waals surface area contributed by atoms with E-state index in [4.69, 9.17) is 4.74 Å². The van der Waals surface area contributed by atoms with Crippen LogP contribution < -0.4 is 0 Å². The van der Waals surface area contributed by atoms with Crippen LogP contribution in [0.5, 0.6) is 0 Å². The van der Waals surface area contributed by atoms with Crippen molar-refractivity contribution in [2.24, 2.45) is 5.92 Å². The molecule has 0 radical (unpaired) electrons. The summed E-state index contributed by atoms with van der Waals surface area (Å²) in [5.41, 5.74) is 0. The smallest absolute Gasteiger partial charge is 0.160 e. The van der Waals surface area contributed by atoms with Crippen molar-refractivity contribution in [1.82, 2.24) is 4.90 Å². The molecule has 2 nitrogen and oxygen atoms in total. The second-order valence-corrected chi connectivity index (χ2v) is 3.84. The van der Waals surface area contributed by atoms with E-state index in [2.05, 4.69) is 30.9 Å². The van der Waals surface area contributed by atoms with Gasteiger partial charge in [0.2, 0.25) is 0 Å². The highest BCUT2D eigenvalue weighted by atomic mass is 16.5. The first-order chi connectivity index (χ1) is 6.79. The number of rotatable bonds is 5. The summed E-state index contributed by atoms with van der Waals surface area (Å²) in [5, 5.41) is 0. The van der Waals surface area contributed by atoms with E-state index in [9.17, 15) is 0 Å². The van der Waals surface area contributed by atoms with Crippen LogP contribution in [0, 0.1) is 5.92 Å². The lowest BCUT2D eigenvalue weighted by molar-refractivity contribution is 0.136. The van der Waals surface area contributed by atoms with Gasteiger partial charge in [-0.05, 0) is 24.5 Å². The first-order valence-corrected chi connectivity index (χ1v) is 5.13. The van der Waals surface area contributed by atoms with E-state index in [0.717, 1.165) is 13.0 Å². The van der Waals surface area contributed by atoms with Crippen LogP contribution in [0.2, 0.25) is 0 Å². The summed E-state index contributed by atoms with van der Waals surface area (Å²) in [5.74, 6) is 0.702. The Labute approximate surface area is 86.6 Å². The summed E-state index contributed by atoms with van der Waals surface area (Å²) in [7, 11) is 0. The first-order valence-electron chi connectivity index (χ1n) is 5.13. The molecule has 1 aliphatic heterocycles. The quantitative estimate of drug-likeness (QED) is 0.622. The van der Waals surface area contributed by atoms with Gasteiger partial charge in [-0.2, -0.15) is 0 Å². The molecule has 0 aliphatic carbocycles. The van der Waals surface area contributed by atoms with E-state index in [0.29, 0.717) is 12.6 Å². The Morgan fingerprint density at radius 1 is 1.43 bits per heavy atom. The number of hydrogen-bond donors (Lipinski definition) is 0. The molecule has 0 aromatic carbocycles. The minimum atomic E-state index is 0.634. The molecule has 0 amide bonds. The highest BCUT2D eigenvalue weighted by Gasteiger charge is 1.96. The van der Waals surface area contributed by atoms with Gasteiger partial charge in [0.1, 0.15) is 0 Å². The average Bonchev–Trinajstić information content (AvgIpc) is 2.18. The van der Waals surface area contributed by atoms with Gasteiger partial charge in [0.05, 0.1) is 6.26 Å². The van der Waals surface area contributed by atoms with Crippen molar-refractivity contribution in [2.75, 3.05) is 13.3 Å². The Kier molecular flexibility index (Phi) is 4.90. The Morgan fingerprint density at radius 3 is 2.93 bits per heavy atom. The summed E-state index contributed by atoms with van der Waals surface area (Å²) in [6.45, 7) is 5.97. The van der Waals surface area contributed by atoms with Gasteiger partial charge in [-0.3, -0.25) is 0 Å². The van der Waals surface area contributed by atoms with Crippen molar-refractivity contribution in [2.45, 2.75) is 20.3 Å². The maximum atomic E-state index is 5.38. The third-order valence-electron chi connectivity index (χ3n) is 1.92. The zero-order valence-electron chi connectivity index (χ0n) is 9.02. The molecule has 1 rings (SSSR count). The van der Waals surface area contributed by atoms with Crippen molar-refractivity contribution in [3.63, 3.8) is 0 Å². The molecule has 0 atom stereocenters. The van der Waals surface area contributed by atoms with Crippen LogP contribution in [-0.2, 0) is 4.74 Å². The molecule has 0 fully saturated rings. The fraction of sp³-hybridized carbons (Fsp3) is 0.500. The second-order valence-electron chi connectivity index (χ2n) is 3.84. The standard InChI is InChI=1S/C12H19NO/c1-12(2)7-6-10-14-11-13-8-4-3-5-9-13/h3-6,8,10,12H,7,9,11H2,1-2H3. The molecule has 14 heavy (non-hydrogen) atoms. The lowest BCUT2D eigenvalue weighted by Crippen LogP contribution is -2.20. The predicted octanol–water partition coefficient (Wildman–Crippen LogP) is 2.91. The summed E-state index contributed by atoms with van der Waals surface area (Å²) in [4.78, 5) is 2.11. The molecule has 0 saturated carbocycles. The maximum absolute atomic E-state index is 5.38. The lowest BCUT2D eigenvalue weighted by Gasteiger charge is -2.19. The number of ether oxygens (including phenoxy) is 1. The third-order valence-corrected chi connectivity index (χ3v) is 1.92. The zero-order valence-corrected chi connectivity index (χ0v) is 9.02. The monoisotopic (exact) mass is 193 g/mol. The van der Waals surface area contributed by atoms with E-state index in [1.807, 2.05) is 18.4 Å². The SMILES string of the molecule is CC(C)CC=COCN1C=CC=CC1. The fourth-order valence-electron chi connectivity index (χ4n) is 1.14. The van der Waals surface area contributed by atoms with E-state index in [-0.39, 0.29) is 0 Å². The van der Waals surface area contributed by atoms with Crippen molar-refractivity contribution in [3.05, 3.63) is 36.8 Å². The zero-order chi connectivity index (χ0) is 10.2.